The first-order chi connectivity index (χ1) is 10.0. The highest BCUT2D eigenvalue weighted by molar-refractivity contribution is 5.56. The van der Waals surface area contributed by atoms with Crippen LogP contribution in [0.5, 0.6) is 11.5 Å². The SMILES string of the molecule is OC(CNc1ccc2c(c1)OC(F)(F)O2)CN1CCCC1. The predicted octanol–water partition coefficient (Wildman–Crippen LogP) is 1.88. The lowest BCUT2D eigenvalue weighted by molar-refractivity contribution is -0.286. The Morgan fingerprint density at radius 1 is 1.24 bits per heavy atom. The summed E-state index contributed by atoms with van der Waals surface area (Å²) in [6, 6.07) is 4.48. The van der Waals surface area contributed by atoms with Crippen molar-refractivity contribution in [2.75, 3.05) is 31.5 Å². The van der Waals surface area contributed by atoms with Crippen LogP contribution in [-0.4, -0.2) is 48.6 Å². The molecule has 0 amide bonds. The van der Waals surface area contributed by atoms with Gasteiger partial charge in [0.2, 0.25) is 0 Å². The smallest absolute Gasteiger partial charge is 0.395 e. The monoisotopic (exact) mass is 300 g/mol. The zero-order valence-electron chi connectivity index (χ0n) is 11.5. The molecule has 0 bridgehead atoms. The summed E-state index contributed by atoms with van der Waals surface area (Å²) in [6.07, 6.45) is -1.75. The fourth-order valence-corrected chi connectivity index (χ4v) is 2.62. The standard InChI is InChI=1S/C14H18F2N2O3/c15-14(16)20-12-4-3-10(7-13(12)21-14)17-8-11(19)9-18-5-1-2-6-18/h3-4,7,11,17,19H,1-2,5-6,8-9H2. The summed E-state index contributed by atoms with van der Waals surface area (Å²) in [4.78, 5) is 2.21. The van der Waals surface area contributed by atoms with Crippen LogP contribution < -0.4 is 14.8 Å². The van der Waals surface area contributed by atoms with E-state index in [2.05, 4.69) is 19.7 Å². The molecule has 5 nitrogen and oxygen atoms in total. The molecule has 2 N–H and O–H groups in total. The number of fused-ring (bicyclic) bond motifs is 1. The normalized spacial score (nSPS) is 21.5. The van der Waals surface area contributed by atoms with Crippen LogP contribution in [0.1, 0.15) is 12.8 Å². The number of benzene rings is 1. The van der Waals surface area contributed by atoms with Gasteiger partial charge in [-0.1, -0.05) is 0 Å². The van der Waals surface area contributed by atoms with Crippen LogP contribution in [0.3, 0.4) is 0 Å². The maximum absolute atomic E-state index is 12.9. The summed E-state index contributed by atoms with van der Waals surface area (Å²) in [5.41, 5.74) is 0.607. The minimum atomic E-state index is -3.60. The van der Waals surface area contributed by atoms with Gasteiger partial charge in [-0.25, -0.2) is 0 Å². The highest BCUT2D eigenvalue weighted by atomic mass is 19.3. The average Bonchev–Trinajstić information content (AvgIpc) is 3.01. The molecule has 1 aromatic rings. The lowest BCUT2D eigenvalue weighted by Gasteiger charge is -2.20. The molecule has 7 heteroatoms. The minimum Gasteiger partial charge on any atom is -0.395 e. The lowest BCUT2D eigenvalue weighted by Crippen LogP contribution is -2.34. The number of alkyl halides is 2. The van der Waals surface area contributed by atoms with E-state index in [1.165, 1.54) is 25.0 Å². The van der Waals surface area contributed by atoms with Gasteiger partial charge in [-0.3, -0.25) is 0 Å². The van der Waals surface area contributed by atoms with Gasteiger partial charge in [0.1, 0.15) is 0 Å². The van der Waals surface area contributed by atoms with Crippen LogP contribution in [0.25, 0.3) is 0 Å². The molecule has 0 radical (unpaired) electrons. The Kier molecular flexibility index (Phi) is 3.86. The van der Waals surface area contributed by atoms with Gasteiger partial charge >= 0.3 is 6.29 Å². The molecule has 0 spiro atoms. The molecule has 1 unspecified atom stereocenters. The average molecular weight is 300 g/mol. The molecule has 1 atom stereocenters. The molecule has 0 saturated carbocycles. The van der Waals surface area contributed by atoms with E-state index < -0.39 is 12.4 Å². The van der Waals surface area contributed by atoms with Crippen molar-refractivity contribution in [1.82, 2.24) is 4.90 Å². The second-order valence-electron chi connectivity index (χ2n) is 5.37. The van der Waals surface area contributed by atoms with Crippen LogP contribution in [-0.2, 0) is 0 Å². The summed E-state index contributed by atoms with van der Waals surface area (Å²) >= 11 is 0. The highest BCUT2D eigenvalue weighted by Gasteiger charge is 2.43. The first-order valence-corrected chi connectivity index (χ1v) is 7.06. The van der Waals surface area contributed by atoms with Crippen LogP contribution in [0.2, 0.25) is 0 Å². The number of hydrogen-bond acceptors (Lipinski definition) is 5. The van der Waals surface area contributed by atoms with E-state index in [0.29, 0.717) is 18.8 Å². The van der Waals surface area contributed by atoms with Crippen LogP contribution in [0.15, 0.2) is 18.2 Å². The Bertz CT molecular complexity index is 507. The quantitative estimate of drug-likeness (QED) is 0.869. The molecule has 116 valence electrons. The van der Waals surface area contributed by atoms with Crippen LogP contribution >= 0.6 is 0 Å². The molecular formula is C14H18F2N2O3. The zero-order valence-corrected chi connectivity index (χ0v) is 11.5. The topological polar surface area (TPSA) is 54.0 Å². The maximum Gasteiger partial charge on any atom is 0.586 e. The number of aliphatic hydroxyl groups is 1. The summed E-state index contributed by atoms with van der Waals surface area (Å²) < 4.78 is 34.5. The van der Waals surface area contributed by atoms with Gasteiger partial charge in [-0.05, 0) is 38.1 Å². The number of ether oxygens (including phenoxy) is 2. The van der Waals surface area contributed by atoms with E-state index >= 15 is 0 Å². The number of β-amino-alcohol motifs (C(OH)–C–C–N with tert-alkyl or cyclic N) is 1. The number of hydrogen-bond donors (Lipinski definition) is 2. The van der Waals surface area contributed by atoms with E-state index in [1.54, 1.807) is 6.07 Å². The molecule has 1 saturated heterocycles. The molecule has 0 aromatic heterocycles. The summed E-state index contributed by atoms with van der Waals surface area (Å²) in [6.45, 7) is 3.02. The second-order valence-corrected chi connectivity index (χ2v) is 5.37. The molecule has 21 heavy (non-hydrogen) atoms. The number of rotatable bonds is 5. The van der Waals surface area contributed by atoms with E-state index in [4.69, 9.17) is 0 Å². The largest absolute Gasteiger partial charge is 0.586 e. The molecule has 1 aromatic carbocycles. The number of nitrogens with zero attached hydrogens (tertiary/aromatic N) is 1. The first-order valence-electron chi connectivity index (χ1n) is 7.06. The third kappa shape index (κ3) is 3.54. The first kappa shape index (κ1) is 14.3. The number of nitrogens with one attached hydrogen (secondary N) is 1. The Labute approximate surface area is 121 Å². The predicted molar refractivity (Wildman–Crippen MR) is 72.8 cm³/mol. The van der Waals surface area contributed by atoms with Gasteiger partial charge in [0.05, 0.1) is 6.10 Å². The van der Waals surface area contributed by atoms with E-state index in [1.807, 2.05) is 0 Å². The van der Waals surface area contributed by atoms with Crippen molar-refractivity contribution in [3.05, 3.63) is 18.2 Å². The van der Waals surface area contributed by atoms with Gasteiger partial charge in [0.15, 0.2) is 11.5 Å². The molecule has 3 rings (SSSR count). The minimum absolute atomic E-state index is 0.000896. The lowest BCUT2D eigenvalue weighted by atomic mass is 10.2. The molecule has 0 aliphatic carbocycles. The highest BCUT2D eigenvalue weighted by Crippen LogP contribution is 2.42. The van der Waals surface area contributed by atoms with Gasteiger partial charge in [0, 0.05) is 24.8 Å². The van der Waals surface area contributed by atoms with E-state index in [9.17, 15) is 13.9 Å². The molecule has 2 aliphatic rings. The fraction of sp³-hybridized carbons (Fsp3) is 0.571. The molecule has 2 aliphatic heterocycles. The van der Waals surface area contributed by atoms with Crippen molar-refractivity contribution in [1.29, 1.82) is 0 Å². The van der Waals surface area contributed by atoms with E-state index in [-0.39, 0.29) is 11.5 Å². The third-order valence-corrected chi connectivity index (χ3v) is 3.61. The van der Waals surface area contributed by atoms with Crippen molar-refractivity contribution in [2.45, 2.75) is 25.2 Å². The number of likely N-dealkylation sites (tertiary alicyclic amines) is 1. The maximum atomic E-state index is 12.9. The number of aliphatic hydroxyl groups excluding tert-OH is 1. The van der Waals surface area contributed by atoms with Crippen molar-refractivity contribution in [3.8, 4) is 11.5 Å². The van der Waals surface area contributed by atoms with Crippen LogP contribution in [0.4, 0.5) is 14.5 Å². The number of anilines is 1. The Hall–Kier alpha value is -1.60. The Morgan fingerprint density at radius 2 is 1.95 bits per heavy atom. The molecule has 2 heterocycles. The van der Waals surface area contributed by atoms with Gasteiger partial charge in [0.25, 0.3) is 0 Å². The fourth-order valence-electron chi connectivity index (χ4n) is 2.62. The number of halogens is 2. The Balaban J connectivity index is 1.52. The van der Waals surface area contributed by atoms with E-state index in [0.717, 1.165) is 13.1 Å². The third-order valence-electron chi connectivity index (χ3n) is 3.61. The van der Waals surface area contributed by atoms with Crippen LogP contribution in [0, 0.1) is 0 Å². The summed E-state index contributed by atoms with van der Waals surface area (Å²) in [7, 11) is 0. The van der Waals surface area contributed by atoms with Crippen molar-refractivity contribution < 1.29 is 23.4 Å². The zero-order chi connectivity index (χ0) is 14.9. The van der Waals surface area contributed by atoms with Crippen molar-refractivity contribution >= 4 is 5.69 Å². The Morgan fingerprint density at radius 3 is 2.71 bits per heavy atom. The van der Waals surface area contributed by atoms with Gasteiger partial charge < -0.3 is 24.8 Å². The summed E-state index contributed by atoms with van der Waals surface area (Å²) in [5.74, 6) is 0.0159. The molecular weight excluding hydrogens is 282 g/mol. The summed E-state index contributed by atoms with van der Waals surface area (Å²) in [5, 5.41) is 13.0. The molecule has 1 fully saturated rings. The van der Waals surface area contributed by atoms with Crippen molar-refractivity contribution in [3.63, 3.8) is 0 Å². The second kappa shape index (κ2) is 5.65. The van der Waals surface area contributed by atoms with Gasteiger partial charge in [-0.15, -0.1) is 8.78 Å². The van der Waals surface area contributed by atoms with Gasteiger partial charge in [-0.2, -0.15) is 0 Å². The van der Waals surface area contributed by atoms with Crippen molar-refractivity contribution in [2.24, 2.45) is 0 Å².